The molecule has 0 saturated heterocycles. The molecule has 0 fully saturated rings. The fraction of sp³-hybridized carbons (Fsp3) is 0. The fourth-order valence-electron chi connectivity index (χ4n) is 5.02. The van der Waals surface area contributed by atoms with Gasteiger partial charge in [-0.25, -0.2) is 8.78 Å². The van der Waals surface area contributed by atoms with Crippen LogP contribution in [0.15, 0.2) is 113 Å². The highest BCUT2D eigenvalue weighted by Gasteiger charge is 2.36. The van der Waals surface area contributed by atoms with Crippen LogP contribution in [0.2, 0.25) is 0 Å². The smallest absolute Gasteiger partial charge is 0.340 e. The van der Waals surface area contributed by atoms with E-state index in [1.54, 1.807) is 66.7 Å². The predicted octanol–water partition coefficient (Wildman–Crippen LogP) is 7.90. The van der Waals surface area contributed by atoms with Gasteiger partial charge in [-0.2, -0.15) is 25.6 Å². The summed E-state index contributed by atoms with van der Waals surface area (Å²) in [5.74, 6) is -12.1. The Kier molecular flexibility index (Phi) is 7.15. The second-order valence-corrected chi connectivity index (χ2v) is 12.6. The van der Waals surface area contributed by atoms with Crippen molar-refractivity contribution in [3.05, 3.63) is 126 Å². The van der Waals surface area contributed by atoms with Crippen LogP contribution >= 0.6 is 0 Å². The van der Waals surface area contributed by atoms with E-state index in [-0.39, 0.29) is 11.1 Å². The van der Waals surface area contributed by atoms with Gasteiger partial charge in [0.2, 0.25) is 17.4 Å². The maximum atomic E-state index is 14.9. The van der Waals surface area contributed by atoms with Crippen molar-refractivity contribution < 1.29 is 43.1 Å². The first-order chi connectivity index (χ1) is 20.9. The summed E-state index contributed by atoms with van der Waals surface area (Å²) in [6.45, 7) is 0. The minimum Gasteiger partial charge on any atom is -0.372 e. The van der Waals surface area contributed by atoms with Crippen molar-refractivity contribution in [1.29, 1.82) is 0 Å². The number of benzene rings is 6. The van der Waals surface area contributed by atoms with Gasteiger partial charge >= 0.3 is 20.2 Å². The molecule has 0 unspecified atom stereocenters. The van der Waals surface area contributed by atoms with Crippen LogP contribution in [0.1, 0.15) is 0 Å². The summed E-state index contributed by atoms with van der Waals surface area (Å²) in [4.78, 5) is -2.91. The first kappa shape index (κ1) is 29.3. The van der Waals surface area contributed by atoms with Crippen LogP contribution in [0.4, 0.5) is 17.6 Å². The van der Waals surface area contributed by atoms with E-state index >= 15 is 0 Å². The minimum absolute atomic E-state index is 0.0396. The summed E-state index contributed by atoms with van der Waals surface area (Å²) in [6.07, 6.45) is 0. The summed E-state index contributed by atoms with van der Waals surface area (Å²) in [5.41, 5.74) is 0.817. The molecular formula is C32H18F4O6S2. The summed E-state index contributed by atoms with van der Waals surface area (Å²) >= 11 is 0. The molecule has 0 aliphatic carbocycles. The highest BCUT2D eigenvalue weighted by molar-refractivity contribution is 7.87. The van der Waals surface area contributed by atoms with Crippen LogP contribution < -0.4 is 4.18 Å². The van der Waals surface area contributed by atoms with Gasteiger partial charge in [0.1, 0.15) is 4.90 Å². The standard InChI is InChI=1S/C32H18F4O6S2/c33-26-28(35)32(43(37,38)39)29(36)27(34)30(26)42-44(40,41)31-24(22-14-12-18-6-1-3-8-20(18)16-22)10-5-11-25(31)23-15-13-19-7-2-4-9-21(19)17-23/h1-17H,(H,37,38,39). The number of rotatable bonds is 6. The van der Waals surface area contributed by atoms with Crippen molar-refractivity contribution in [2.45, 2.75) is 9.79 Å². The molecule has 0 radical (unpaired) electrons. The number of fused-ring (bicyclic) bond motifs is 2. The molecule has 0 amide bonds. The summed E-state index contributed by atoms with van der Waals surface area (Å²) in [6, 6.07) is 29.0. The van der Waals surface area contributed by atoms with Crippen molar-refractivity contribution >= 4 is 41.8 Å². The van der Waals surface area contributed by atoms with Crippen LogP contribution in [0.25, 0.3) is 43.8 Å². The molecule has 44 heavy (non-hydrogen) atoms. The zero-order valence-electron chi connectivity index (χ0n) is 22.1. The van der Waals surface area contributed by atoms with E-state index in [1.807, 2.05) is 24.3 Å². The monoisotopic (exact) mass is 638 g/mol. The molecule has 6 nitrogen and oxygen atoms in total. The normalized spacial score (nSPS) is 12.1. The van der Waals surface area contributed by atoms with Crippen molar-refractivity contribution in [2.24, 2.45) is 0 Å². The third-order valence-electron chi connectivity index (χ3n) is 7.02. The Hall–Kier alpha value is -4.78. The Balaban J connectivity index is 1.61. The van der Waals surface area contributed by atoms with Gasteiger partial charge in [-0.15, -0.1) is 0 Å². The van der Waals surface area contributed by atoms with Gasteiger partial charge in [-0.05, 0) is 44.8 Å². The molecular weight excluding hydrogens is 620 g/mol. The molecule has 6 rings (SSSR count). The largest absolute Gasteiger partial charge is 0.372 e. The minimum atomic E-state index is -5.78. The maximum absolute atomic E-state index is 14.9. The molecule has 0 heterocycles. The van der Waals surface area contributed by atoms with Gasteiger partial charge in [0.25, 0.3) is 0 Å². The van der Waals surface area contributed by atoms with Gasteiger partial charge in [0.15, 0.2) is 16.5 Å². The SMILES string of the molecule is O=S(=O)(O)c1c(F)c(F)c(OS(=O)(=O)c2c(-c3ccc4ccccc4c3)cccc2-c2ccc3ccccc3c2)c(F)c1F. The van der Waals surface area contributed by atoms with Gasteiger partial charge in [0, 0.05) is 11.1 Å². The van der Waals surface area contributed by atoms with Crippen molar-refractivity contribution in [2.75, 3.05) is 0 Å². The van der Waals surface area contributed by atoms with E-state index in [0.717, 1.165) is 21.5 Å². The second kappa shape index (κ2) is 10.7. The van der Waals surface area contributed by atoms with Gasteiger partial charge < -0.3 is 4.18 Å². The molecule has 0 aromatic heterocycles. The average molecular weight is 639 g/mol. The van der Waals surface area contributed by atoms with Gasteiger partial charge in [-0.1, -0.05) is 91.0 Å². The molecule has 1 N–H and O–H groups in total. The Morgan fingerprint density at radius 1 is 0.500 bits per heavy atom. The predicted molar refractivity (Wildman–Crippen MR) is 156 cm³/mol. The molecule has 0 aliphatic heterocycles. The third kappa shape index (κ3) is 5.06. The Morgan fingerprint density at radius 3 is 1.36 bits per heavy atom. The van der Waals surface area contributed by atoms with E-state index in [0.29, 0.717) is 11.1 Å². The van der Waals surface area contributed by atoms with E-state index in [1.165, 1.54) is 12.1 Å². The Morgan fingerprint density at radius 2 is 0.932 bits per heavy atom. The van der Waals surface area contributed by atoms with E-state index in [4.69, 9.17) is 8.74 Å². The molecule has 0 aliphatic rings. The Bertz CT molecular complexity index is 2230. The zero-order chi connectivity index (χ0) is 31.4. The topological polar surface area (TPSA) is 97.7 Å². The molecule has 0 atom stereocenters. The van der Waals surface area contributed by atoms with Crippen LogP contribution in [0, 0.1) is 23.3 Å². The number of hydrogen-bond acceptors (Lipinski definition) is 5. The second-order valence-electron chi connectivity index (χ2n) is 9.73. The Labute approximate surface area is 248 Å². The van der Waals surface area contributed by atoms with E-state index in [9.17, 15) is 34.4 Å². The summed E-state index contributed by atoms with van der Waals surface area (Å²) in [5, 5.41) is 3.17. The van der Waals surface area contributed by atoms with E-state index < -0.39 is 59.0 Å². The highest BCUT2D eigenvalue weighted by atomic mass is 32.2. The lowest BCUT2D eigenvalue weighted by atomic mass is 9.96. The summed E-state index contributed by atoms with van der Waals surface area (Å²) < 4.78 is 123. The van der Waals surface area contributed by atoms with Crippen LogP contribution in [-0.4, -0.2) is 21.4 Å². The highest BCUT2D eigenvalue weighted by Crippen LogP contribution is 2.41. The number of halogens is 4. The van der Waals surface area contributed by atoms with Crippen molar-refractivity contribution in [1.82, 2.24) is 0 Å². The first-order valence-corrected chi connectivity index (χ1v) is 15.6. The van der Waals surface area contributed by atoms with Crippen LogP contribution in [0.3, 0.4) is 0 Å². The first-order valence-electron chi connectivity index (χ1n) is 12.8. The molecule has 0 spiro atoms. The van der Waals surface area contributed by atoms with Crippen molar-refractivity contribution in [3.8, 4) is 28.0 Å². The lowest BCUT2D eigenvalue weighted by Crippen LogP contribution is -2.17. The lowest BCUT2D eigenvalue weighted by molar-refractivity contribution is 0.365. The molecule has 12 heteroatoms. The lowest BCUT2D eigenvalue weighted by Gasteiger charge is -2.18. The third-order valence-corrected chi connectivity index (χ3v) is 9.22. The zero-order valence-corrected chi connectivity index (χ0v) is 23.8. The van der Waals surface area contributed by atoms with Gasteiger partial charge in [-0.3, -0.25) is 4.55 Å². The van der Waals surface area contributed by atoms with Crippen LogP contribution in [0.5, 0.6) is 5.75 Å². The molecule has 6 aromatic carbocycles. The van der Waals surface area contributed by atoms with E-state index in [2.05, 4.69) is 0 Å². The number of hydrogen-bond donors (Lipinski definition) is 1. The van der Waals surface area contributed by atoms with Crippen molar-refractivity contribution in [3.63, 3.8) is 0 Å². The van der Waals surface area contributed by atoms with Gasteiger partial charge in [0.05, 0.1) is 0 Å². The average Bonchev–Trinajstić information content (AvgIpc) is 3.00. The maximum Gasteiger partial charge on any atom is 0.340 e. The fourth-order valence-corrected chi connectivity index (χ4v) is 7.01. The summed E-state index contributed by atoms with van der Waals surface area (Å²) in [7, 11) is -11.1. The molecule has 6 aromatic rings. The molecule has 0 saturated carbocycles. The molecule has 0 bridgehead atoms. The van der Waals surface area contributed by atoms with Crippen LogP contribution in [-0.2, 0) is 20.2 Å². The molecule has 222 valence electrons. The quantitative estimate of drug-likeness (QED) is 0.0863.